The number of carboxylic acids is 1. The van der Waals surface area contributed by atoms with Gasteiger partial charge in [0.15, 0.2) is 0 Å². The average molecular weight is 311 g/mol. The molecule has 0 bridgehead atoms. The maximum Gasteiger partial charge on any atom is 0.310 e. The van der Waals surface area contributed by atoms with Crippen LogP contribution in [0.4, 0.5) is 0 Å². The lowest BCUT2D eigenvalue weighted by Gasteiger charge is -2.20. The molecular weight excluding hydrogens is 290 g/mol. The highest BCUT2D eigenvalue weighted by Gasteiger charge is 2.44. The first-order valence-corrected chi connectivity index (χ1v) is 8.44. The first-order chi connectivity index (χ1) is 9.67. The molecule has 0 aliphatic carbocycles. The molecule has 0 spiro atoms. The predicted octanol–water partition coefficient (Wildman–Crippen LogP) is 2.30. The van der Waals surface area contributed by atoms with Gasteiger partial charge in [0.1, 0.15) is 0 Å². The minimum atomic E-state index is -3.62. The van der Waals surface area contributed by atoms with Gasteiger partial charge in [-0.25, -0.2) is 8.42 Å². The summed E-state index contributed by atoms with van der Waals surface area (Å²) in [5.74, 6) is -0.612. The van der Waals surface area contributed by atoms with Crippen molar-refractivity contribution in [2.24, 2.45) is 5.41 Å². The van der Waals surface area contributed by atoms with Crippen LogP contribution < -0.4 is 0 Å². The minimum absolute atomic E-state index is 0.0244. The van der Waals surface area contributed by atoms with Gasteiger partial charge in [-0.2, -0.15) is 4.31 Å². The molecular formula is C15H21NO4S. The number of carbonyl (C=O) groups is 1. The molecule has 6 heteroatoms. The zero-order valence-corrected chi connectivity index (χ0v) is 13.4. The molecule has 2 rings (SSSR count). The molecule has 0 saturated carbocycles. The SMILES string of the molecule is CC(C)c1ccc(S(=O)(=O)N2CCC(C)(C(=O)O)C2)cc1. The molecule has 1 unspecified atom stereocenters. The van der Waals surface area contributed by atoms with Crippen LogP contribution in [0.3, 0.4) is 0 Å². The van der Waals surface area contributed by atoms with Gasteiger partial charge in [0, 0.05) is 13.1 Å². The van der Waals surface area contributed by atoms with Crippen LogP contribution >= 0.6 is 0 Å². The van der Waals surface area contributed by atoms with E-state index >= 15 is 0 Å². The van der Waals surface area contributed by atoms with E-state index in [1.807, 2.05) is 26.0 Å². The summed E-state index contributed by atoms with van der Waals surface area (Å²) in [5.41, 5.74) is 0.0797. The quantitative estimate of drug-likeness (QED) is 0.926. The van der Waals surface area contributed by atoms with Crippen LogP contribution in [-0.4, -0.2) is 36.9 Å². The molecule has 0 radical (unpaired) electrons. The van der Waals surface area contributed by atoms with Crippen molar-refractivity contribution < 1.29 is 18.3 Å². The van der Waals surface area contributed by atoms with Crippen molar-refractivity contribution in [1.29, 1.82) is 0 Å². The van der Waals surface area contributed by atoms with Gasteiger partial charge in [0.05, 0.1) is 10.3 Å². The zero-order chi connectivity index (χ0) is 15.8. The molecule has 0 amide bonds. The monoisotopic (exact) mass is 311 g/mol. The smallest absolute Gasteiger partial charge is 0.310 e. The van der Waals surface area contributed by atoms with Gasteiger partial charge in [-0.05, 0) is 37.0 Å². The maximum atomic E-state index is 12.6. The summed E-state index contributed by atoms with van der Waals surface area (Å²) in [4.78, 5) is 11.5. The number of nitrogens with zero attached hydrogens (tertiary/aromatic N) is 1. The Balaban J connectivity index is 2.25. The molecule has 5 nitrogen and oxygen atoms in total. The van der Waals surface area contributed by atoms with Crippen LogP contribution in [0.15, 0.2) is 29.2 Å². The fraction of sp³-hybridized carbons (Fsp3) is 0.533. The Morgan fingerprint density at radius 2 is 1.86 bits per heavy atom. The molecule has 1 aromatic rings. The van der Waals surface area contributed by atoms with Gasteiger partial charge in [-0.1, -0.05) is 26.0 Å². The van der Waals surface area contributed by atoms with Gasteiger partial charge >= 0.3 is 5.97 Å². The number of hydrogen-bond donors (Lipinski definition) is 1. The van der Waals surface area contributed by atoms with E-state index in [0.717, 1.165) is 5.56 Å². The molecule has 1 N–H and O–H groups in total. The molecule has 1 aliphatic heterocycles. The highest BCUT2D eigenvalue weighted by molar-refractivity contribution is 7.89. The highest BCUT2D eigenvalue weighted by Crippen LogP contribution is 2.33. The molecule has 1 aliphatic rings. The normalized spacial score (nSPS) is 23.6. The van der Waals surface area contributed by atoms with Crippen molar-refractivity contribution in [2.75, 3.05) is 13.1 Å². The summed E-state index contributed by atoms with van der Waals surface area (Å²) in [6.45, 7) is 5.95. The summed E-state index contributed by atoms with van der Waals surface area (Å²) in [7, 11) is -3.62. The van der Waals surface area contributed by atoms with Crippen molar-refractivity contribution in [3.8, 4) is 0 Å². The van der Waals surface area contributed by atoms with E-state index in [4.69, 9.17) is 0 Å². The molecule has 1 atom stereocenters. The largest absolute Gasteiger partial charge is 0.481 e. The first-order valence-electron chi connectivity index (χ1n) is 7.00. The second-order valence-electron chi connectivity index (χ2n) is 6.18. The lowest BCUT2D eigenvalue weighted by atomic mass is 9.90. The summed E-state index contributed by atoms with van der Waals surface area (Å²) in [5, 5.41) is 9.20. The Morgan fingerprint density at radius 1 is 1.29 bits per heavy atom. The van der Waals surface area contributed by atoms with Gasteiger partial charge in [0.2, 0.25) is 10.0 Å². The molecule has 1 aromatic carbocycles. The second-order valence-corrected chi connectivity index (χ2v) is 8.12. The molecule has 0 aromatic heterocycles. The Morgan fingerprint density at radius 3 is 2.29 bits per heavy atom. The first kappa shape index (κ1) is 16.0. The third-order valence-corrected chi connectivity index (χ3v) is 6.00. The Bertz CT molecular complexity index is 636. The Hall–Kier alpha value is -1.40. The number of sulfonamides is 1. The van der Waals surface area contributed by atoms with Crippen molar-refractivity contribution in [1.82, 2.24) is 4.31 Å². The highest BCUT2D eigenvalue weighted by atomic mass is 32.2. The number of benzene rings is 1. The van der Waals surface area contributed by atoms with E-state index in [1.165, 1.54) is 4.31 Å². The number of carboxylic acid groups (broad SMARTS) is 1. The molecule has 116 valence electrons. The van der Waals surface area contributed by atoms with E-state index in [0.29, 0.717) is 12.3 Å². The van der Waals surface area contributed by atoms with Crippen LogP contribution in [-0.2, 0) is 14.8 Å². The van der Waals surface area contributed by atoms with Crippen LogP contribution in [0.25, 0.3) is 0 Å². The van der Waals surface area contributed by atoms with Gasteiger partial charge in [-0.15, -0.1) is 0 Å². The van der Waals surface area contributed by atoms with E-state index in [2.05, 4.69) is 0 Å². The number of hydrogen-bond acceptors (Lipinski definition) is 3. The van der Waals surface area contributed by atoms with Crippen molar-refractivity contribution in [2.45, 2.75) is 38.0 Å². The van der Waals surface area contributed by atoms with Gasteiger partial charge in [0.25, 0.3) is 0 Å². The van der Waals surface area contributed by atoms with Gasteiger partial charge < -0.3 is 5.11 Å². The fourth-order valence-corrected chi connectivity index (χ4v) is 4.04. The van der Waals surface area contributed by atoms with Crippen molar-refractivity contribution in [3.05, 3.63) is 29.8 Å². The minimum Gasteiger partial charge on any atom is -0.481 e. The molecule has 1 heterocycles. The Kier molecular flexibility index (Phi) is 4.13. The van der Waals surface area contributed by atoms with Crippen LogP contribution in [0.5, 0.6) is 0 Å². The predicted molar refractivity (Wildman–Crippen MR) is 79.6 cm³/mol. The summed E-state index contributed by atoms with van der Waals surface area (Å²) < 4.78 is 26.4. The van der Waals surface area contributed by atoms with E-state index in [9.17, 15) is 18.3 Å². The summed E-state index contributed by atoms with van der Waals surface area (Å²) in [6.07, 6.45) is 0.339. The summed E-state index contributed by atoms with van der Waals surface area (Å²) >= 11 is 0. The molecule has 1 fully saturated rings. The fourth-order valence-electron chi connectivity index (χ4n) is 2.47. The standard InChI is InChI=1S/C15H21NO4S/c1-11(2)12-4-6-13(7-5-12)21(19,20)16-9-8-15(3,10-16)14(17)18/h4-7,11H,8-10H2,1-3H3,(H,17,18). The third-order valence-electron chi connectivity index (χ3n) is 4.14. The average Bonchev–Trinajstić information content (AvgIpc) is 2.84. The Labute approximate surface area is 125 Å². The maximum absolute atomic E-state index is 12.6. The topological polar surface area (TPSA) is 74.7 Å². The molecule has 21 heavy (non-hydrogen) atoms. The number of aliphatic carboxylic acids is 1. The number of rotatable bonds is 4. The third kappa shape index (κ3) is 2.96. The summed E-state index contributed by atoms with van der Waals surface area (Å²) in [6, 6.07) is 6.82. The van der Waals surface area contributed by atoms with Crippen LogP contribution in [0, 0.1) is 5.41 Å². The van der Waals surface area contributed by atoms with E-state index < -0.39 is 21.4 Å². The second kappa shape index (κ2) is 5.42. The lowest BCUT2D eigenvalue weighted by Crippen LogP contribution is -2.34. The zero-order valence-electron chi connectivity index (χ0n) is 12.5. The molecule has 1 saturated heterocycles. The lowest BCUT2D eigenvalue weighted by molar-refractivity contribution is -0.146. The van der Waals surface area contributed by atoms with Crippen molar-refractivity contribution in [3.63, 3.8) is 0 Å². The van der Waals surface area contributed by atoms with Gasteiger partial charge in [-0.3, -0.25) is 4.79 Å². The van der Waals surface area contributed by atoms with Crippen LogP contribution in [0.2, 0.25) is 0 Å². The van der Waals surface area contributed by atoms with Crippen molar-refractivity contribution >= 4 is 16.0 Å². The van der Waals surface area contributed by atoms with E-state index in [-0.39, 0.29) is 18.0 Å². The van der Waals surface area contributed by atoms with Crippen LogP contribution in [0.1, 0.15) is 38.7 Å². The van der Waals surface area contributed by atoms with E-state index in [1.54, 1.807) is 19.1 Å².